The van der Waals surface area contributed by atoms with E-state index >= 15 is 0 Å². The van der Waals surface area contributed by atoms with Gasteiger partial charge in [0.15, 0.2) is 0 Å². The van der Waals surface area contributed by atoms with Crippen LogP contribution in [-0.2, 0) is 10.2 Å². The fraction of sp³-hybridized carbons (Fsp3) is 0.636. The maximum absolute atomic E-state index is 10.9. The lowest BCUT2D eigenvalue weighted by atomic mass is 9.85. The third-order valence-electron chi connectivity index (χ3n) is 2.95. The Kier molecular flexibility index (Phi) is 2.71. The van der Waals surface area contributed by atoms with Crippen LogP contribution in [0, 0.1) is 6.92 Å². The third kappa shape index (κ3) is 1.82. The Morgan fingerprint density at radius 1 is 1.56 bits per heavy atom. The molecule has 5 nitrogen and oxygen atoms in total. The average molecular weight is 225 g/mol. The summed E-state index contributed by atoms with van der Waals surface area (Å²) in [6.45, 7) is 4.92. The predicted molar refractivity (Wildman–Crippen MR) is 55.6 cm³/mol. The number of carboxylic acid groups (broad SMARTS) is 1. The smallest absolute Gasteiger partial charge is 0.373 e. The summed E-state index contributed by atoms with van der Waals surface area (Å²) in [5, 5.41) is 8.90. The van der Waals surface area contributed by atoms with Crippen LogP contribution in [0.3, 0.4) is 0 Å². The maximum Gasteiger partial charge on any atom is 0.373 e. The molecule has 88 valence electrons. The molecule has 1 unspecified atom stereocenters. The average Bonchev–Trinajstić information content (AvgIpc) is 2.62. The van der Waals surface area contributed by atoms with Crippen LogP contribution in [0.2, 0.25) is 0 Å². The molecule has 1 aromatic heterocycles. The van der Waals surface area contributed by atoms with Crippen molar-refractivity contribution in [1.29, 1.82) is 0 Å². The monoisotopic (exact) mass is 225 g/mol. The van der Waals surface area contributed by atoms with Crippen molar-refractivity contribution in [2.24, 2.45) is 0 Å². The molecule has 1 saturated heterocycles. The zero-order chi connectivity index (χ0) is 11.8. The number of aryl methyl sites for hydroxylation is 1. The van der Waals surface area contributed by atoms with Crippen molar-refractivity contribution in [3.05, 3.63) is 17.3 Å². The summed E-state index contributed by atoms with van der Waals surface area (Å²) in [6.07, 6.45) is 1.85. The van der Waals surface area contributed by atoms with Crippen molar-refractivity contribution in [1.82, 2.24) is 4.98 Å². The van der Waals surface area contributed by atoms with Crippen LogP contribution in [-0.4, -0.2) is 29.3 Å². The third-order valence-corrected chi connectivity index (χ3v) is 2.95. The lowest BCUT2D eigenvalue weighted by molar-refractivity contribution is 0.0294. The Labute approximate surface area is 93.4 Å². The lowest BCUT2D eigenvalue weighted by Gasteiger charge is -2.30. The Bertz CT molecular complexity index is 404. The highest BCUT2D eigenvalue weighted by molar-refractivity contribution is 5.85. The number of carbonyl (C=O) groups is 1. The van der Waals surface area contributed by atoms with Gasteiger partial charge < -0.3 is 14.3 Å². The standard InChI is InChI=1S/C11H15NO4/c1-7-8(9(13)14)16-10(12-7)11(2)4-3-5-15-6-11/h3-6H2,1-2H3,(H,13,14). The largest absolute Gasteiger partial charge is 0.475 e. The minimum Gasteiger partial charge on any atom is -0.475 e. The Balaban J connectivity index is 2.33. The van der Waals surface area contributed by atoms with Crippen molar-refractivity contribution in [3.63, 3.8) is 0 Å². The number of aromatic carboxylic acids is 1. The van der Waals surface area contributed by atoms with Crippen LogP contribution >= 0.6 is 0 Å². The van der Waals surface area contributed by atoms with Crippen LogP contribution in [0.15, 0.2) is 4.42 Å². The highest BCUT2D eigenvalue weighted by Crippen LogP contribution is 2.32. The molecule has 0 spiro atoms. The Morgan fingerprint density at radius 3 is 2.81 bits per heavy atom. The van der Waals surface area contributed by atoms with Crippen LogP contribution in [0.4, 0.5) is 0 Å². The second-order valence-electron chi connectivity index (χ2n) is 4.46. The number of rotatable bonds is 2. The highest BCUT2D eigenvalue weighted by Gasteiger charge is 2.35. The molecule has 16 heavy (non-hydrogen) atoms. The number of nitrogens with zero attached hydrogens (tertiary/aromatic N) is 1. The zero-order valence-electron chi connectivity index (χ0n) is 9.45. The fourth-order valence-electron chi connectivity index (χ4n) is 1.96. The van der Waals surface area contributed by atoms with E-state index in [1.165, 1.54) is 0 Å². The normalized spacial score (nSPS) is 25.6. The topological polar surface area (TPSA) is 72.6 Å². The molecule has 1 aliphatic heterocycles. The summed E-state index contributed by atoms with van der Waals surface area (Å²) in [7, 11) is 0. The molecule has 0 bridgehead atoms. The van der Waals surface area contributed by atoms with Crippen LogP contribution in [0.1, 0.15) is 41.9 Å². The zero-order valence-corrected chi connectivity index (χ0v) is 9.45. The van der Waals surface area contributed by atoms with Crippen molar-refractivity contribution in [2.45, 2.75) is 32.1 Å². The molecule has 0 amide bonds. The quantitative estimate of drug-likeness (QED) is 0.830. The van der Waals surface area contributed by atoms with Crippen molar-refractivity contribution < 1.29 is 19.1 Å². The van der Waals surface area contributed by atoms with Gasteiger partial charge in [0, 0.05) is 6.61 Å². The molecule has 2 rings (SSSR count). The molecular formula is C11H15NO4. The molecule has 2 heterocycles. The summed E-state index contributed by atoms with van der Waals surface area (Å²) in [4.78, 5) is 15.1. The second-order valence-corrected chi connectivity index (χ2v) is 4.46. The van der Waals surface area contributed by atoms with Gasteiger partial charge in [0.25, 0.3) is 0 Å². The molecule has 1 aliphatic rings. The molecule has 1 fully saturated rings. The molecule has 1 aromatic rings. The van der Waals surface area contributed by atoms with Crippen LogP contribution in [0.25, 0.3) is 0 Å². The minimum atomic E-state index is -1.07. The van der Waals surface area contributed by atoms with Gasteiger partial charge in [-0.15, -0.1) is 0 Å². The Morgan fingerprint density at radius 2 is 2.31 bits per heavy atom. The molecule has 0 saturated carbocycles. The van der Waals surface area contributed by atoms with Gasteiger partial charge in [-0.1, -0.05) is 0 Å². The van der Waals surface area contributed by atoms with E-state index in [-0.39, 0.29) is 11.2 Å². The predicted octanol–water partition coefficient (Wildman–Crippen LogP) is 1.75. The Hall–Kier alpha value is -1.36. The van der Waals surface area contributed by atoms with Crippen LogP contribution < -0.4 is 0 Å². The summed E-state index contributed by atoms with van der Waals surface area (Å²) in [5.74, 6) is -0.666. The van der Waals surface area contributed by atoms with Gasteiger partial charge in [-0.05, 0) is 26.7 Å². The number of hydrogen-bond donors (Lipinski definition) is 1. The van der Waals surface area contributed by atoms with Gasteiger partial charge in [-0.3, -0.25) is 0 Å². The van der Waals surface area contributed by atoms with E-state index in [9.17, 15) is 4.79 Å². The number of aromatic nitrogens is 1. The first kappa shape index (κ1) is 11.1. The van der Waals surface area contributed by atoms with Gasteiger partial charge in [-0.25, -0.2) is 9.78 Å². The molecule has 1 atom stereocenters. The SMILES string of the molecule is Cc1nc(C2(C)CCCOC2)oc1C(=O)O. The number of oxazole rings is 1. The van der Waals surface area contributed by atoms with Crippen molar-refractivity contribution >= 4 is 5.97 Å². The van der Waals surface area contributed by atoms with Gasteiger partial charge in [0.1, 0.15) is 0 Å². The van der Waals surface area contributed by atoms with Gasteiger partial charge in [0.2, 0.25) is 11.7 Å². The van der Waals surface area contributed by atoms with Gasteiger partial charge in [0.05, 0.1) is 17.7 Å². The van der Waals surface area contributed by atoms with Gasteiger partial charge in [-0.2, -0.15) is 0 Å². The van der Waals surface area contributed by atoms with E-state index in [0.717, 1.165) is 19.4 Å². The van der Waals surface area contributed by atoms with E-state index in [1.807, 2.05) is 6.92 Å². The van der Waals surface area contributed by atoms with Gasteiger partial charge >= 0.3 is 5.97 Å². The van der Waals surface area contributed by atoms with Crippen LogP contribution in [0.5, 0.6) is 0 Å². The summed E-state index contributed by atoms with van der Waals surface area (Å²) in [5.41, 5.74) is 0.130. The summed E-state index contributed by atoms with van der Waals surface area (Å²) in [6, 6.07) is 0. The first-order valence-electron chi connectivity index (χ1n) is 5.32. The van der Waals surface area contributed by atoms with E-state index in [4.69, 9.17) is 14.3 Å². The lowest BCUT2D eigenvalue weighted by Crippen LogP contribution is -2.33. The maximum atomic E-state index is 10.9. The number of hydrogen-bond acceptors (Lipinski definition) is 4. The van der Waals surface area contributed by atoms with E-state index < -0.39 is 5.97 Å². The first-order valence-corrected chi connectivity index (χ1v) is 5.32. The molecule has 0 aliphatic carbocycles. The van der Waals surface area contributed by atoms with E-state index in [2.05, 4.69) is 4.98 Å². The van der Waals surface area contributed by atoms with E-state index in [0.29, 0.717) is 18.2 Å². The fourth-order valence-corrected chi connectivity index (χ4v) is 1.96. The molecule has 0 radical (unpaired) electrons. The first-order chi connectivity index (χ1) is 7.53. The second kappa shape index (κ2) is 3.90. The number of carboxylic acids is 1. The summed E-state index contributed by atoms with van der Waals surface area (Å²) < 4.78 is 10.7. The molecule has 5 heteroatoms. The minimum absolute atomic E-state index is 0.0678. The molecule has 0 aromatic carbocycles. The van der Waals surface area contributed by atoms with Crippen molar-refractivity contribution in [3.8, 4) is 0 Å². The number of ether oxygens (including phenoxy) is 1. The molecular weight excluding hydrogens is 210 g/mol. The van der Waals surface area contributed by atoms with Crippen molar-refractivity contribution in [2.75, 3.05) is 13.2 Å². The summed E-state index contributed by atoms with van der Waals surface area (Å²) >= 11 is 0. The van der Waals surface area contributed by atoms with E-state index in [1.54, 1.807) is 6.92 Å². The highest BCUT2D eigenvalue weighted by atomic mass is 16.5. The molecule has 1 N–H and O–H groups in total.